The van der Waals surface area contributed by atoms with Crippen molar-refractivity contribution in [3.63, 3.8) is 0 Å². The Kier molecular flexibility index (Phi) is 4.43. The molecule has 0 aliphatic carbocycles. The third kappa shape index (κ3) is 2.59. The maximum atomic E-state index is 9.24. The zero-order chi connectivity index (χ0) is 18.3. The Hall–Kier alpha value is -2.36. The molecule has 0 aromatic heterocycles. The normalized spacial score (nSPS) is 12.9. The second-order valence-electron chi connectivity index (χ2n) is 6.55. The fourth-order valence-electron chi connectivity index (χ4n) is 3.90. The Bertz CT molecular complexity index is 1010. The first-order valence-corrected chi connectivity index (χ1v) is 9.32. The third-order valence-corrected chi connectivity index (χ3v) is 5.50. The highest BCUT2D eigenvalue weighted by Crippen LogP contribution is 2.39. The first-order chi connectivity index (χ1) is 12.7. The minimum Gasteiger partial charge on any atom is -0.395 e. The Morgan fingerprint density at radius 3 is 2.50 bits per heavy atom. The van der Waals surface area contributed by atoms with Gasteiger partial charge in [-0.2, -0.15) is 4.58 Å². The highest BCUT2D eigenvalue weighted by molar-refractivity contribution is 6.37. The lowest BCUT2D eigenvalue weighted by Crippen LogP contribution is -2.26. The molecule has 3 nitrogen and oxygen atoms in total. The van der Waals surface area contributed by atoms with Gasteiger partial charge >= 0.3 is 0 Å². The molecule has 4 heteroatoms. The minimum absolute atomic E-state index is 0.160. The van der Waals surface area contributed by atoms with Crippen molar-refractivity contribution < 1.29 is 9.68 Å². The maximum absolute atomic E-state index is 9.24. The molecular weight excluding hydrogens is 344 g/mol. The van der Waals surface area contributed by atoms with Gasteiger partial charge in [-0.05, 0) is 43.3 Å². The van der Waals surface area contributed by atoms with Crippen molar-refractivity contribution in [3.8, 4) is 0 Å². The number of rotatable bonds is 5. The van der Waals surface area contributed by atoms with Gasteiger partial charge in [0.25, 0.3) is 0 Å². The number of benzene rings is 3. The van der Waals surface area contributed by atoms with Crippen LogP contribution in [0.3, 0.4) is 0 Å². The molecule has 132 valence electrons. The van der Waals surface area contributed by atoms with Gasteiger partial charge in [0.15, 0.2) is 0 Å². The summed E-state index contributed by atoms with van der Waals surface area (Å²) in [5.74, 6) is 0. The maximum Gasteiger partial charge on any atom is 0.220 e. The van der Waals surface area contributed by atoms with Crippen molar-refractivity contribution in [2.24, 2.45) is 0 Å². The lowest BCUT2D eigenvalue weighted by molar-refractivity contribution is -0.399. The molecule has 3 aromatic carbocycles. The van der Waals surface area contributed by atoms with Crippen molar-refractivity contribution >= 4 is 39.5 Å². The number of halogens is 1. The fourth-order valence-corrected chi connectivity index (χ4v) is 4.12. The number of hydrogen-bond donors (Lipinski definition) is 1. The van der Waals surface area contributed by atoms with E-state index in [1.165, 1.54) is 27.9 Å². The van der Waals surface area contributed by atoms with Crippen LogP contribution in [0.5, 0.6) is 0 Å². The number of aliphatic hydroxyl groups is 1. The van der Waals surface area contributed by atoms with Gasteiger partial charge in [0.2, 0.25) is 11.4 Å². The van der Waals surface area contributed by atoms with Gasteiger partial charge in [-0.25, -0.2) is 0 Å². The Labute approximate surface area is 158 Å². The van der Waals surface area contributed by atoms with E-state index in [1.807, 2.05) is 6.07 Å². The Morgan fingerprint density at radius 1 is 1.04 bits per heavy atom. The molecule has 1 aliphatic rings. The van der Waals surface area contributed by atoms with E-state index >= 15 is 0 Å². The van der Waals surface area contributed by atoms with E-state index < -0.39 is 0 Å². The van der Waals surface area contributed by atoms with Crippen molar-refractivity contribution in [2.45, 2.75) is 6.92 Å². The highest BCUT2D eigenvalue weighted by atomic mass is 35.5. The summed E-state index contributed by atoms with van der Waals surface area (Å²) in [6, 6.07) is 19.0. The summed E-state index contributed by atoms with van der Waals surface area (Å²) in [4.78, 5) is 2.17. The van der Waals surface area contributed by atoms with Crippen LogP contribution in [0.25, 0.3) is 10.8 Å². The van der Waals surface area contributed by atoms with Gasteiger partial charge in [0, 0.05) is 40.8 Å². The SMILES string of the molecule is CCN(CCO)c1ccc(C2=[N+](C)c3ccc(Cl)c4cccc2c34)cc1. The van der Waals surface area contributed by atoms with Crippen LogP contribution in [-0.2, 0) is 0 Å². The molecule has 0 amide bonds. The minimum atomic E-state index is 0.160. The quantitative estimate of drug-likeness (QED) is 0.677. The fraction of sp³-hybridized carbons (Fsp3) is 0.227. The van der Waals surface area contributed by atoms with Crippen LogP contribution in [0.4, 0.5) is 11.4 Å². The van der Waals surface area contributed by atoms with E-state index in [2.05, 4.69) is 72.0 Å². The van der Waals surface area contributed by atoms with Crippen LogP contribution < -0.4 is 4.90 Å². The smallest absolute Gasteiger partial charge is 0.220 e. The average Bonchev–Trinajstić information content (AvgIpc) is 2.96. The highest BCUT2D eigenvalue weighted by Gasteiger charge is 2.31. The molecule has 1 heterocycles. The lowest BCUT2D eigenvalue weighted by atomic mass is 9.98. The number of nitrogens with zero attached hydrogens (tertiary/aromatic N) is 2. The molecule has 0 saturated heterocycles. The second kappa shape index (κ2) is 6.75. The monoisotopic (exact) mass is 365 g/mol. The number of aliphatic hydroxyl groups excluding tert-OH is 1. The van der Waals surface area contributed by atoms with Crippen molar-refractivity contribution in [3.05, 3.63) is 70.7 Å². The molecule has 1 aliphatic heterocycles. The van der Waals surface area contributed by atoms with Gasteiger partial charge in [0.05, 0.1) is 17.6 Å². The largest absolute Gasteiger partial charge is 0.395 e. The molecular formula is C22H22ClN2O+. The summed E-state index contributed by atoms with van der Waals surface area (Å²) in [6.45, 7) is 3.78. The molecule has 0 fully saturated rings. The van der Waals surface area contributed by atoms with Gasteiger partial charge in [0.1, 0.15) is 7.05 Å². The summed E-state index contributed by atoms with van der Waals surface area (Å²) < 4.78 is 2.24. The number of hydrogen-bond acceptors (Lipinski definition) is 2. The van der Waals surface area contributed by atoms with Crippen molar-refractivity contribution in [1.82, 2.24) is 0 Å². The predicted molar refractivity (Wildman–Crippen MR) is 109 cm³/mol. The van der Waals surface area contributed by atoms with Crippen LogP contribution in [-0.4, -0.2) is 42.1 Å². The molecule has 0 unspecified atom stereocenters. The summed E-state index contributed by atoms with van der Waals surface area (Å²) >= 11 is 6.42. The molecule has 0 saturated carbocycles. The molecule has 0 bridgehead atoms. The van der Waals surface area contributed by atoms with E-state index in [0.717, 1.165) is 22.6 Å². The summed E-state index contributed by atoms with van der Waals surface area (Å²) in [5, 5.41) is 12.3. The van der Waals surface area contributed by atoms with E-state index in [4.69, 9.17) is 11.6 Å². The van der Waals surface area contributed by atoms with E-state index in [-0.39, 0.29) is 6.61 Å². The van der Waals surface area contributed by atoms with Crippen LogP contribution >= 0.6 is 11.6 Å². The Morgan fingerprint density at radius 2 is 1.81 bits per heavy atom. The van der Waals surface area contributed by atoms with E-state index in [0.29, 0.717) is 6.54 Å². The Balaban J connectivity index is 1.80. The van der Waals surface area contributed by atoms with E-state index in [1.54, 1.807) is 0 Å². The zero-order valence-corrected chi connectivity index (χ0v) is 15.8. The summed E-state index contributed by atoms with van der Waals surface area (Å²) in [5.41, 5.74) is 5.92. The average molecular weight is 366 g/mol. The van der Waals surface area contributed by atoms with Gasteiger partial charge in [-0.15, -0.1) is 0 Å². The van der Waals surface area contributed by atoms with E-state index in [9.17, 15) is 5.11 Å². The molecule has 3 aromatic rings. The van der Waals surface area contributed by atoms with Crippen molar-refractivity contribution in [2.75, 3.05) is 31.6 Å². The van der Waals surface area contributed by atoms with Crippen LogP contribution in [0, 0.1) is 0 Å². The number of anilines is 1. The summed E-state index contributed by atoms with van der Waals surface area (Å²) in [6.07, 6.45) is 0. The molecule has 1 N–H and O–H groups in total. The molecule has 0 radical (unpaired) electrons. The first-order valence-electron chi connectivity index (χ1n) is 8.94. The predicted octanol–water partition coefficient (Wildman–Crippen LogP) is 4.44. The zero-order valence-electron chi connectivity index (χ0n) is 15.0. The number of likely N-dealkylation sites (N-methyl/N-ethyl adjacent to an activating group) is 1. The first kappa shape index (κ1) is 17.1. The standard InChI is InChI=1S/C22H22ClN2O/c1-3-25(13-14-26)16-9-7-15(8-10-16)22-18-6-4-5-17-19(23)11-12-20(21(17)18)24(22)2/h4-12,26H,3,13-14H2,1-2H3/q+1. The molecule has 0 spiro atoms. The van der Waals surface area contributed by atoms with Gasteiger partial charge in [-0.3, -0.25) is 0 Å². The van der Waals surface area contributed by atoms with Gasteiger partial charge < -0.3 is 10.0 Å². The van der Waals surface area contributed by atoms with Gasteiger partial charge in [-0.1, -0.05) is 23.7 Å². The topological polar surface area (TPSA) is 26.5 Å². The second-order valence-corrected chi connectivity index (χ2v) is 6.96. The molecule has 26 heavy (non-hydrogen) atoms. The third-order valence-electron chi connectivity index (χ3n) is 5.17. The van der Waals surface area contributed by atoms with Crippen molar-refractivity contribution in [1.29, 1.82) is 0 Å². The van der Waals surface area contributed by atoms with Crippen LogP contribution in [0.2, 0.25) is 5.02 Å². The summed E-state index contributed by atoms with van der Waals surface area (Å²) in [7, 11) is 2.11. The molecule has 4 rings (SSSR count). The molecule has 0 atom stereocenters. The van der Waals surface area contributed by atoms with Crippen LogP contribution in [0.15, 0.2) is 54.6 Å². The van der Waals surface area contributed by atoms with Crippen LogP contribution in [0.1, 0.15) is 18.1 Å². The lowest BCUT2D eigenvalue weighted by Gasteiger charge is -2.22.